The molecule has 0 saturated heterocycles. The lowest BCUT2D eigenvalue weighted by molar-refractivity contribution is 0.0972. The second-order valence-electron chi connectivity index (χ2n) is 7.96. The van der Waals surface area contributed by atoms with E-state index in [1.165, 1.54) is 60.7 Å². The Morgan fingerprint density at radius 1 is 0.583 bits per heavy atom. The highest BCUT2D eigenvalue weighted by Crippen LogP contribution is 2.42. The number of nitrogens with zero attached hydrogens (tertiary/aromatic N) is 2. The Morgan fingerprint density at radius 3 is 1.28 bits per heavy atom. The third-order valence-electron chi connectivity index (χ3n) is 5.82. The first-order valence-corrected chi connectivity index (χ1v) is 10.7. The zero-order valence-electron chi connectivity index (χ0n) is 18.4. The largest absolute Gasteiger partial charge is 0.351 e. The SMILES string of the molecule is N#Cc1ccc(Nc2c(F)c3c(c(F)c2Nc2ccc(C#N)cc2)C(=O)c2ccccc2C3=O)cc1. The van der Waals surface area contributed by atoms with E-state index in [0.717, 1.165) is 0 Å². The highest BCUT2D eigenvalue weighted by Gasteiger charge is 2.38. The molecule has 0 spiro atoms. The number of hydrogen-bond acceptors (Lipinski definition) is 6. The number of hydrogen-bond donors (Lipinski definition) is 2. The van der Waals surface area contributed by atoms with Gasteiger partial charge in [0.25, 0.3) is 0 Å². The van der Waals surface area contributed by atoms with Gasteiger partial charge in [-0.3, -0.25) is 9.59 Å². The van der Waals surface area contributed by atoms with E-state index in [0.29, 0.717) is 22.5 Å². The van der Waals surface area contributed by atoms with Crippen LogP contribution in [-0.4, -0.2) is 11.6 Å². The summed E-state index contributed by atoms with van der Waals surface area (Å²) in [7, 11) is 0. The third kappa shape index (κ3) is 3.64. The molecule has 0 amide bonds. The van der Waals surface area contributed by atoms with Gasteiger partial charge in [-0.05, 0) is 48.5 Å². The van der Waals surface area contributed by atoms with Crippen molar-refractivity contribution in [3.8, 4) is 12.1 Å². The van der Waals surface area contributed by atoms with Crippen LogP contribution in [0.25, 0.3) is 0 Å². The van der Waals surface area contributed by atoms with E-state index in [4.69, 9.17) is 10.5 Å². The molecule has 0 fully saturated rings. The summed E-state index contributed by atoms with van der Waals surface area (Å²) in [6, 6.07) is 21.8. The molecule has 0 unspecified atom stereocenters. The van der Waals surface area contributed by atoms with Gasteiger partial charge in [-0.1, -0.05) is 24.3 Å². The highest BCUT2D eigenvalue weighted by molar-refractivity contribution is 6.29. The van der Waals surface area contributed by atoms with Gasteiger partial charge in [0.15, 0.2) is 23.2 Å². The topological polar surface area (TPSA) is 106 Å². The zero-order valence-corrected chi connectivity index (χ0v) is 18.4. The summed E-state index contributed by atoms with van der Waals surface area (Å²) >= 11 is 0. The van der Waals surface area contributed by atoms with Crippen LogP contribution in [0.5, 0.6) is 0 Å². The summed E-state index contributed by atoms with van der Waals surface area (Å²) in [6.07, 6.45) is 0. The average molecular weight is 476 g/mol. The number of anilines is 4. The van der Waals surface area contributed by atoms with E-state index in [-0.39, 0.29) is 22.5 Å². The van der Waals surface area contributed by atoms with Crippen molar-refractivity contribution in [2.24, 2.45) is 0 Å². The van der Waals surface area contributed by atoms with Crippen LogP contribution in [0.15, 0.2) is 72.8 Å². The van der Waals surface area contributed by atoms with Crippen molar-refractivity contribution in [2.75, 3.05) is 10.6 Å². The Bertz CT molecular complexity index is 1520. The Balaban J connectivity index is 1.72. The number of nitrogens with one attached hydrogen (secondary N) is 2. The Hall–Kier alpha value is -5.34. The quantitative estimate of drug-likeness (QED) is 0.331. The van der Waals surface area contributed by atoms with E-state index in [1.54, 1.807) is 12.1 Å². The molecule has 4 aromatic carbocycles. The minimum atomic E-state index is -1.10. The van der Waals surface area contributed by atoms with Crippen LogP contribution in [0.4, 0.5) is 31.5 Å². The normalized spacial score (nSPS) is 11.7. The van der Waals surface area contributed by atoms with E-state index >= 15 is 8.78 Å². The number of benzene rings is 4. The van der Waals surface area contributed by atoms with Gasteiger partial charge in [-0.2, -0.15) is 10.5 Å². The van der Waals surface area contributed by atoms with Crippen LogP contribution in [0, 0.1) is 34.3 Å². The molecule has 0 heterocycles. The van der Waals surface area contributed by atoms with Crippen LogP contribution in [0.3, 0.4) is 0 Å². The summed E-state index contributed by atoms with van der Waals surface area (Å²) in [6.45, 7) is 0. The monoisotopic (exact) mass is 476 g/mol. The maximum atomic E-state index is 16.0. The van der Waals surface area contributed by atoms with Gasteiger partial charge >= 0.3 is 0 Å². The molecule has 1 aliphatic rings. The first-order valence-electron chi connectivity index (χ1n) is 10.7. The van der Waals surface area contributed by atoms with E-state index in [9.17, 15) is 9.59 Å². The van der Waals surface area contributed by atoms with Gasteiger partial charge in [0.2, 0.25) is 0 Å². The lowest BCUT2D eigenvalue weighted by Crippen LogP contribution is -2.25. The van der Waals surface area contributed by atoms with Crippen molar-refractivity contribution in [2.45, 2.75) is 0 Å². The maximum Gasteiger partial charge on any atom is 0.197 e. The third-order valence-corrected chi connectivity index (χ3v) is 5.82. The van der Waals surface area contributed by atoms with Crippen LogP contribution in [-0.2, 0) is 0 Å². The fraction of sp³-hybridized carbons (Fsp3) is 0. The van der Waals surface area contributed by atoms with Gasteiger partial charge < -0.3 is 10.6 Å². The summed E-state index contributed by atoms with van der Waals surface area (Å²) in [4.78, 5) is 26.4. The smallest absolute Gasteiger partial charge is 0.197 e. The maximum absolute atomic E-state index is 16.0. The van der Waals surface area contributed by atoms with E-state index in [2.05, 4.69) is 10.6 Å². The molecule has 0 aromatic heterocycles. The molecule has 6 nitrogen and oxygen atoms in total. The van der Waals surface area contributed by atoms with Crippen molar-refractivity contribution in [1.82, 2.24) is 0 Å². The molecule has 0 bridgehead atoms. The van der Waals surface area contributed by atoms with Crippen LogP contribution < -0.4 is 10.6 Å². The highest BCUT2D eigenvalue weighted by atomic mass is 19.1. The number of nitriles is 2. The lowest BCUT2D eigenvalue weighted by atomic mass is 9.82. The van der Waals surface area contributed by atoms with Gasteiger partial charge in [0, 0.05) is 22.5 Å². The first-order chi connectivity index (χ1) is 17.4. The molecule has 4 aromatic rings. The fourth-order valence-electron chi connectivity index (χ4n) is 4.04. The minimum Gasteiger partial charge on any atom is -0.351 e. The number of fused-ring (bicyclic) bond motifs is 2. The molecule has 5 rings (SSSR count). The van der Waals surface area contributed by atoms with Crippen molar-refractivity contribution in [1.29, 1.82) is 10.5 Å². The second-order valence-corrected chi connectivity index (χ2v) is 7.96. The predicted octanol–water partition coefficient (Wildman–Crippen LogP) is 5.97. The molecule has 8 heteroatoms. The van der Waals surface area contributed by atoms with E-state index < -0.39 is 34.3 Å². The van der Waals surface area contributed by atoms with Gasteiger partial charge in [0.05, 0.1) is 34.4 Å². The standard InChI is InChI=1S/C28H14F2N4O2/c29-23-21-22(28(36)20-4-2-1-3-19(20)27(21)35)24(30)26(34-18-11-7-16(14-32)8-12-18)25(23)33-17-9-5-15(13-31)6-10-17/h1-12,33-34H. The number of carbonyl (C=O) groups excluding carboxylic acids is 2. The minimum absolute atomic E-state index is 0.00887. The number of halogens is 2. The molecular weight excluding hydrogens is 462 g/mol. The lowest BCUT2D eigenvalue weighted by Gasteiger charge is -2.24. The first kappa shape index (κ1) is 22.5. The van der Waals surface area contributed by atoms with Gasteiger partial charge in [-0.25, -0.2) is 8.78 Å². The fourth-order valence-corrected chi connectivity index (χ4v) is 4.04. The van der Waals surface area contributed by atoms with Crippen molar-refractivity contribution >= 4 is 34.3 Å². The Kier molecular flexibility index (Phi) is 5.48. The van der Waals surface area contributed by atoms with Crippen LogP contribution >= 0.6 is 0 Å². The molecule has 0 aliphatic heterocycles. The molecule has 0 atom stereocenters. The van der Waals surface area contributed by atoms with Crippen LogP contribution in [0.1, 0.15) is 43.0 Å². The van der Waals surface area contributed by atoms with Gasteiger partial charge in [-0.15, -0.1) is 0 Å². The Morgan fingerprint density at radius 2 is 0.944 bits per heavy atom. The summed E-state index contributed by atoms with van der Waals surface area (Å²) in [5.74, 6) is -3.80. The molecule has 0 radical (unpaired) electrons. The average Bonchev–Trinajstić information content (AvgIpc) is 2.92. The zero-order chi connectivity index (χ0) is 25.4. The van der Waals surface area contributed by atoms with Crippen LogP contribution in [0.2, 0.25) is 0 Å². The van der Waals surface area contributed by atoms with E-state index in [1.807, 2.05) is 12.1 Å². The molecule has 1 aliphatic carbocycles. The summed E-state index contributed by atoms with van der Waals surface area (Å²) < 4.78 is 32.1. The Labute approximate surface area is 204 Å². The molecule has 0 saturated carbocycles. The van der Waals surface area contributed by atoms with Crippen molar-refractivity contribution in [3.63, 3.8) is 0 Å². The number of rotatable bonds is 4. The summed E-state index contributed by atoms with van der Waals surface area (Å²) in [5.41, 5.74) is -0.722. The second kappa shape index (κ2) is 8.79. The van der Waals surface area contributed by atoms with Crippen molar-refractivity contribution in [3.05, 3.63) is 118 Å². The number of ketones is 2. The molecule has 172 valence electrons. The predicted molar refractivity (Wildman–Crippen MR) is 129 cm³/mol. The molecule has 2 N–H and O–H groups in total. The molecule has 36 heavy (non-hydrogen) atoms. The molecular formula is C28H14F2N4O2. The van der Waals surface area contributed by atoms with Gasteiger partial charge in [0.1, 0.15) is 11.4 Å². The van der Waals surface area contributed by atoms with Crippen molar-refractivity contribution < 1.29 is 18.4 Å². The summed E-state index contributed by atoms with van der Waals surface area (Å²) in [5, 5.41) is 23.6. The number of carbonyl (C=O) groups is 2.